The number of benzene rings is 2. The van der Waals surface area contributed by atoms with E-state index in [2.05, 4.69) is 15.5 Å². The number of carbonyl (C=O) groups is 2. The predicted molar refractivity (Wildman–Crippen MR) is 109 cm³/mol. The molecule has 7 nitrogen and oxygen atoms in total. The third kappa shape index (κ3) is 4.76. The van der Waals surface area contributed by atoms with Crippen molar-refractivity contribution in [2.75, 3.05) is 11.9 Å². The number of nitrogens with one attached hydrogen (secondary N) is 2. The van der Waals surface area contributed by atoms with Gasteiger partial charge in [-0.3, -0.25) is 9.89 Å². The van der Waals surface area contributed by atoms with Gasteiger partial charge in [-0.1, -0.05) is 30.3 Å². The molecule has 7 heteroatoms. The largest absolute Gasteiger partial charge is 0.462 e. The molecule has 0 unspecified atom stereocenters. The van der Waals surface area contributed by atoms with Crippen LogP contribution in [-0.2, 0) is 9.53 Å². The second kappa shape index (κ2) is 9.15. The zero-order valence-corrected chi connectivity index (χ0v) is 15.7. The molecule has 1 aromatic heterocycles. The molecule has 3 aromatic rings. The summed E-state index contributed by atoms with van der Waals surface area (Å²) in [6, 6.07) is 17.7. The van der Waals surface area contributed by atoms with Crippen LogP contribution in [0.1, 0.15) is 22.8 Å². The Hall–Kier alpha value is -4.18. The molecule has 29 heavy (non-hydrogen) atoms. The van der Waals surface area contributed by atoms with E-state index in [1.165, 1.54) is 6.08 Å². The molecule has 0 aliphatic carbocycles. The third-order valence-electron chi connectivity index (χ3n) is 4.05. The maximum atomic E-state index is 12.5. The highest BCUT2D eigenvalue weighted by atomic mass is 16.5. The van der Waals surface area contributed by atoms with E-state index in [4.69, 9.17) is 4.74 Å². The molecule has 0 saturated heterocycles. The summed E-state index contributed by atoms with van der Waals surface area (Å²) in [7, 11) is 0. The van der Waals surface area contributed by atoms with Gasteiger partial charge in [0.15, 0.2) is 0 Å². The van der Waals surface area contributed by atoms with E-state index in [0.717, 1.165) is 5.56 Å². The SMILES string of the molecule is CCOC(=O)c1ccc(NC(=O)/C(C#N)=C\c2cn[nH]c2-c2ccccc2)cc1. The number of hydrogen-bond donors (Lipinski definition) is 2. The highest BCUT2D eigenvalue weighted by Gasteiger charge is 2.13. The number of H-pyrrole nitrogens is 1. The lowest BCUT2D eigenvalue weighted by Gasteiger charge is -2.06. The smallest absolute Gasteiger partial charge is 0.338 e. The first kappa shape index (κ1) is 19.6. The molecule has 0 radical (unpaired) electrons. The molecule has 1 amide bonds. The van der Waals surface area contributed by atoms with Gasteiger partial charge in [0.2, 0.25) is 0 Å². The van der Waals surface area contributed by atoms with Gasteiger partial charge in [-0.15, -0.1) is 0 Å². The van der Waals surface area contributed by atoms with Crippen molar-refractivity contribution in [3.63, 3.8) is 0 Å². The van der Waals surface area contributed by atoms with E-state index in [-0.39, 0.29) is 12.2 Å². The van der Waals surface area contributed by atoms with Gasteiger partial charge in [-0.25, -0.2) is 4.79 Å². The zero-order valence-electron chi connectivity index (χ0n) is 15.7. The number of ether oxygens (including phenoxy) is 1. The summed E-state index contributed by atoms with van der Waals surface area (Å²) in [5.74, 6) is -0.993. The molecule has 1 heterocycles. The Morgan fingerprint density at radius 1 is 1.17 bits per heavy atom. The minimum Gasteiger partial charge on any atom is -0.462 e. The molecule has 0 bridgehead atoms. The van der Waals surface area contributed by atoms with Gasteiger partial charge >= 0.3 is 5.97 Å². The zero-order chi connectivity index (χ0) is 20.6. The first-order chi connectivity index (χ1) is 14.1. The predicted octanol–water partition coefficient (Wildman–Crippen LogP) is 3.80. The van der Waals surface area contributed by atoms with Gasteiger partial charge in [-0.2, -0.15) is 10.4 Å². The molecule has 2 aromatic carbocycles. The van der Waals surface area contributed by atoms with Crippen LogP contribution in [0.4, 0.5) is 5.69 Å². The highest BCUT2D eigenvalue weighted by Crippen LogP contribution is 2.23. The van der Waals surface area contributed by atoms with Crippen LogP contribution in [-0.4, -0.2) is 28.7 Å². The van der Waals surface area contributed by atoms with Crippen molar-refractivity contribution < 1.29 is 14.3 Å². The van der Waals surface area contributed by atoms with Crippen molar-refractivity contribution in [1.29, 1.82) is 5.26 Å². The molecular formula is C22H18N4O3. The molecule has 0 saturated carbocycles. The van der Waals surface area contributed by atoms with Crippen LogP contribution in [0.25, 0.3) is 17.3 Å². The first-order valence-corrected chi connectivity index (χ1v) is 8.91. The molecule has 3 rings (SSSR count). The highest BCUT2D eigenvalue weighted by molar-refractivity contribution is 6.10. The maximum absolute atomic E-state index is 12.5. The number of aromatic nitrogens is 2. The van der Waals surface area contributed by atoms with E-state index < -0.39 is 11.9 Å². The fraction of sp³-hybridized carbons (Fsp3) is 0.0909. The minimum atomic E-state index is -0.559. The van der Waals surface area contributed by atoms with Crippen LogP contribution in [0.3, 0.4) is 0 Å². The third-order valence-corrected chi connectivity index (χ3v) is 4.05. The molecule has 0 spiro atoms. The topological polar surface area (TPSA) is 108 Å². The van der Waals surface area contributed by atoms with Crippen LogP contribution in [0, 0.1) is 11.3 Å². The molecule has 144 valence electrons. The summed E-state index contributed by atoms with van der Waals surface area (Å²) in [6.07, 6.45) is 3.04. The Kier molecular flexibility index (Phi) is 6.18. The van der Waals surface area contributed by atoms with Gasteiger partial charge in [0, 0.05) is 16.8 Å². The normalized spacial score (nSPS) is 10.8. The Balaban J connectivity index is 1.78. The van der Waals surface area contributed by atoms with Gasteiger partial charge in [0.25, 0.3) is 5.91 Å². The van der Waals surface area contributed by atoms with Gasteiger partial charge in [-0.05, 0) is 37.3 Å². The van der Waals surface area contributed by atoms with Crippen molar-refractivity contribution in [3.05, 3.63) is 77.5 Å². The molecule has 0 aliphatic heterocycles. The molecule has 0 fully saturated rings. The van der Waals surface area contributed by atoms with Crippen molar-refractivity contribution in [3.8, 4) is 17.3 Å². The quantitative estimate of drug-likeness (QED) is 0.381. The van der Waals surface area contributed by atoms with Crippen LogP contribution in [0.5, 0.6) is 0 Å². The fourth-order valence-electron chi connectivity index (χ4n) is 2.65. The molecular weight excluding hydrogens is 368 g/mol. The van der Waals surface area contributed by atoms with E-state index in [9.17, 15) is 14.9 Å². The standard InChI is InChI=1S/C22H18N4O3/c1-2-29-22(28)16-8-10-19(11-9-16)25-21(27)17(13-23)12-18-14-24-26-20(18)15-6-4-3-5-7-15/h3-12,14H,2H2,1H3,(H,24,26)(H,25,27)/b17-12-. The summed E-state index contributed by atoms with van der Waals surface area (Å²) in [6.45, 7) is 2.01. The first-order valence-electron chi connectivity index (χ1n) is 8.91. The van der Waals surface area contributed by atoms with E-state index in [1.807, 2.05) is 36.4 Å². The van der Waals surface area contributed by atoms with Crippen molar-refractivity contribution in [2.45, 2.75) is 6.92 Å². The lowest BCUT2D eigenvalue weighted by Crippen LogP contribution is -2.13. The lowest BCUT2D eigenvalue weighted by molar-refractivity contribution is -0.112. The average molecular weight is 386 g/mol. The summed E-state index contributed by atoms with van der Waals surface area (Å²) in [5, 5.41) is 19.0. The monoisotopic (exact) mass is 386 g/mol. The van der Waals surface area contributed by atoms with Crippen molar-refractivity contribution in [2.24, 2.45) is 0 Å². The van der Waals surface area contributed by atoms with Crippen LogP contribution >= 0.6 is 0 Å². The fourth-order valence-corrected chi connectivity index (χ4v) is 2.65. The number of anilines is 1. The summed E-state index contributed by atoms with van der Waals surface area (Å²) in [5.41, 5.74) is 3.00. The number of nitrogens with zero attached hydrogens (tertiary/aromatic N) is 2. The summed E-state index contributed by atoms with van der Waals surface area (Å²) < 4.78 is 4.92. The van der Waals surface area contributed by atoms with E-state index in [1.54, 1.807) is 37.4 Å². The van der Waals surface area contributed by atoms with Crippen molar-refractivity contribution >= 4 is 23.6 Å². The summed E-state index contributed by atoms with van der Waals surface area (Å²) in [4.78, 5) is 24.2. The number of amides is 1. The maximum Gasteiger partial charge on any atom is 0.338 e. The Bertz CT molecular complexity index is 1080. The Morgan fingerprint density at radius 3 is 2.55 bits per heavy atom. The second-order valence-electron chi connectivity index (χ2n) is 5.99. The number of rotatable bonds is 6. The van der Waals surface area contributed by atoms with Gasteiger partial charge in [0.05, 0.1) is 24.1 Å². The molecule has 0 atom stereocenters. The molecule has 2 N–H and O–H groups in total. The number of nitriles is 1. The molecule has 0 aliphatic rings. The number of esters is 1. The Labute approximate surface area is 167 Å². The van der Waals surface area contributed by atoms with Gasteiger partial charge < -0.3 is 10.1 Å². The minimum absolute atomic E-state index is 0.0712. The van der Waals surface area contributed by atoms with Crippen molar-refractivity contribution in [1.82, 2.24) is 10.2 Å². The lowest BCUT2D eigenvalue weighted by atomic mass is 10.1. The van der Waals surface area contributed by atoms with Crippen LogP contribution < -0.4 is 5.32 Å². The average Bonchev–Trinajstić information content (AvgIpc) is 3.21. The second-order valence-corrected chi connectivity index (χ2v) is 5.99. The number of carbonyl (C=O) groups excluding carboxylic acids is 2. The summed E-state index contributed by atoms with van der Waals surface area (Å²) >= 11 is 0. The van der Waals surface area contributed by atoms with E-state index >= 15 is 0 Å². The van der Waals surface area contributed by atoms with E-state index in [0.29, 0.717) is 22.5 Å². The van der Waals surface area contributed by atoms with Crippen LogP contribution in [0.15, 0.2) is 66.4 Å². The number of hydrogen-bond acceptors (Lipinski definition) is 5. The van der Waals surface area contributed by atoms with Crippen LogP contribution in [0.2, 0.25) is 0 Å². The van der Waals surface area contributed by atoms with Gasteiger partial charge in [0.1, 0.15) is 11.6 Å². The Morgan fingerprint density at radius 2 is 1.90 bits per heavy atom. The number of aromatic amines is 1.